The van der Waals surface area contributed by atoms with Gasteiger partial charge in [-0.1, -0.05) is 19.6 Å². The minimum atomic E-state index is -1.07. The molecule has 3 aromatic heterocycles. The van der Waals surface area contributed by atoms with Crippen molar-refractivity contribution in [3.8, 4) is 5.82 Å². The van der Waals surface area contributed by atoms with Gasteiger partial charge in [-0.25, -0.2) is 14.6 Å². The Morgan fingerprint density at radius 1 is 1.19 bits per heavy atom. The van der Waals surface area contributed by atoms with Crippen molar-refractivity contribution < 1.29 is 4.74 Å². The molecule has 0 bridgehead atoms. The molecule has 1 aliphatic heterocycles. The molecule has 7 nitrogen and oxygen atoms in total. The van der Waals surface area contributed by atoms with E-state index >= 15 is 0 Å². The number of nitrogens with one attached hydrogen (secondary N) is 1. The first kappa shape index (κ1) is 17.4. The van der Waals surface area contributed by atoms with Gasteiger partial charge in [-0.15, -0.1) is 0 Å². The Balaban J connectivity index is 1.61. The number of ether oxygens (including phenoxy) is 1. The maximum absolute atomic E-state index is 5.92. The third kappa shape index (κ3) is 3.32. The fraction of sp³-hybridized carbons (Fsp3) is 0.500. The summed E-state index contributed by atoms with van der Waals surface area (Å²) in [6, 6.07) is 1.16. The maximum Gasteiger partial charge on any atom is 0.166 e. The van der Waals surface area contributed by atoms with Crippen LogP contribution >= 0.6 is 0 Å². The highest BCUT2D eigenvalue weighted by Crippen LogP contribution is 2.25. The number of aryl methyl sites for hydroxylation is 1. The van der Waals surface area contributed by atoms with E-state index in [1.807, 2.05) is 4.68 Å². The van der Waals surface area contributed by atoms with E-state index in [9.17, 15) is 0 Å². The Morgan fingerprint density at radius 3 is 2.81 bits per heavy atom. The minimum absolute atomic E-state index is 0.519. The normalized spacial score (nSPS) is 14.3. The van der Waals surface area contributed by atoms with E-state index in [0.29, 0.717) is 6.73 Å². The van der Waals surface area contributed by atoms with Crippen LogP contribution in [0.15, 0.2) is 18.7 Å². The average Bonchev–Trinajstić information content (AvgIpc) is 3.24. The molecule has 138 valence electrons. The smallest absolute Gasteiger partial charge is 0.166 e. The molecule has 4 rings (SSSR count). The average molecular weight is 371 g/mol. The van der Waals surface area contributed by atoms with E-state index in [0.717, 1.165) is 53.8 Å². The lowest BCUT2D eigenvalue weighted by atomic mass is 10.2. The van der Waals surface area contributed by atoms with E-state index in [1.165, 1.54) is 5.56 Å². The van der Waals surface area contributed by atoms with Crippen molar-refractivity contribution in [1.82, 2.24) is 29.6 Å². The van der Waals surface area contributed by atoms with Gasteiger partial charge in [0.05, 0.1) is 11.1 Å². The van der Waals surface area contributed by atoms with Crippen LogP contribution in [0.5, 0.6) is 0 Å². The van der Waals surface area contributed by atoms with Gasteiger partial charge in [0.15, 0.2) is 5.82 Å². The highest BCUT2D eigenvalue weighted by molar-refractivity contribution is 6.76. The van der Waals surface area contributed by atoms with Crippen molar-refractivity contribution in [3.05, 3.63) is 35.5 Å². The van der Waals surface area contributed by atoms with Crippen LogP contribution in [0.3, 0.4) is 0 Å². The lowest BCUT2D eigenvalue weighted by molar-refractivity contribution is 0.0898. The van der Waals surface area contributed by atoms with Crippen molar-refractivity contribution in [3.63, 3.8) is 0 Å². The molecular weight excluding hydrogens is 344 g/mol. The van der Waals surface area contributed by atoms with E-state index in [-0.39, 0.29) is 0 Å². The Morgan fingerprint density at radius 2 is 2.04 bits per heavy atom. The molecule has 26 heavy (non-hydrogen) atoms. The second kappa shape index (κ2) is 6.60. The Kier molecular flexibility index (Phi) is 4.42. The third-order valence-corrected chi connectivity index (χ3v) is 6.46. The van der Waals surface area contributed by atoms with Gasteiger partial charge in [-0.3, -0.25) is 0 Å². The quantitative estimate of drug-likeness (QED) is 0.534. The van der Waals surface area contributed by atoms with E-state index < -0.39 is 8.07 Å². The van der Waals surface area contributed by atoms with Crippen LogP contribution in [-0.4, -0.2) is 39.0 Å². The number of nitrogens with zero attached hydrogens (tertiary/aromatic N) is 5. The molecule has 3 aromatic rings. The number of hydrogen-bond acceptors (Lipinski definition) is 5. The summed E-state index contributed by atoms with van der Waals surface area (Å²) in [6.45, 7) is 12.2. The van der Waals surface area contributed by atoms with E-state index in [4.69, 9.17) is 9.84 Å². The molecule has 0 amide bonds. The standard InChI is InChI=1S/C18H26N6OSi/c1-13-9-23(12-25-5-6-26(2,3)4)17-16(13)18(21-11-20-17)24-10-14-7-19-8-15(14)22-24/h9-11,19H,5-8,12H2,1-4H3. The van der Waals surface area contributed by atoms with Crippen LogP contribution in [0.4, 0.5) is 0 Å². The van der Waals surface area contributed by atoms with Crippen molar-refractivity contribution in [2.75, 3.05) is 6.61 Å². The second-order valence-corrected chi connectivity index (χ2v) is 13.8. The van der Waals surface area contributed by atoms with Crippen LogP contribution in [0, 0.1) is 6.92 Å². The molecular formula is C18H26N6OSi. The zero-order chi connectivity index (χ0) is 18.3. The van der Waals surface area contributed by atoms with Gasteiger partial charge < -0.3 is 14.6 Å². The summed E-state index contributed by atoms with van der Waals surface area (Å²) in [5.41, 5.74) is 4.37. The summed E-state index contributed by atoms with van der Waals surface area (Å²) in [7, 11) is -1.07. The maximum atomic E-state index is 5.92. The Bertz CT molecular complexity index is 918. The van der Waals surface area contributed by atoms with Crippen LogP contribution in [0.25, 0.3) is 16.9 Å². The predicted octanol–water partition coefficient (Wildman–Crippen LogP) is 2.84. The SMILES string of the molecule is Cc1cn(COCC[Si](C)(C)C)c2ncnc(-n3cc4c(n3)CNC4)c12. The topological polar surface area (TPSA) is 69.8 Å². The molecule has 0 saturated carbocycles. The fourth-order valence-corrected chi connectivity index (χ4v) is 4.03. The zero-order valence-electron chi connectivity index (χ0n) is 15.9. The van der Waals surface area contributed by atoms with Gasteiger partial charge >= 0.3 is 0 Å². The monoisotopic (exact) mass is 370 g/mol. The first-order valence-corrected chi connectivity index (χ1v) is 12.8. The van der Waals surface area contributed by atoms with Gasteiger partial charge in [0.1, 0.15) is 18.7 Å². The van der Waals surface area contributed by atoms with E-state index in [2.05, 4.69) is 58.8 Å². The summed E-state index contributed by atoms with van der Waals surface area (Å²) in [5.74, 6) is 0.836. The molecule has 1 aliphatic rings. The first-order chi connectivity index (χ1) is 12.4. The van der Waals surface area contributed by atoms with Gasteiger partial charge in [-0.2, -0.15) is 5.10 Å². The molecule has 0 atom stereocenters. The zero-order valence-corrected chi connectivity index (χ0v) is 16.9. The molecule has 4 heterocycles. The summed E-state index contributed by atoms with van der Waals surface area (Å²) in [6.07, 6.45) is 5.77. The summed E-state index contributed by atoms with van der Waals surface area (Å²) >= 11 is 0. The van der Waals surface area contributed by atoms with Crippen molar-refractivity contribution in [2.45, 2.75) is 52.4 Å². The molecule has 0 saturated heterocycles. The van der Waals surface area contributed by atoms with Gasteiger partial charge in [0.25, 0.3) is 0 Å². The second-order valence-electron chi connectivity index (χ2n) is 8.17. The van der Waals surface area contributed by atoms with Gasteiger partial charge in [-0.05, 0) is 18.5 Å². The fourth-order valence-electron chi connectivity index (χ4n) is 3.28. The summed E-state index contributed by atoms with van der Waals surface area (Å²) in [5, 5.41) is 9.04. The van der Waals surface area contributed by atoms with Crippen molar-refractivity contribution in [2.24, 2.45) is 0 Å². The lowest BCUT2D eigenvalue weighted by Crippen LogP contribution is -2.22. The molecule has 0 aromatic carbocycles. The molecule has 0 fully saturated rings. The van der Waals surface area contributed by atoms with E-state index in [1.54, 1.807) is 6.33 Å². The van der Waals surface area contributed by atoms with Crippen LogP contribution in [-0.2, 0) is 24.6 Å². The molecule has 0 spiro atoms. The number of rotatable bonds is 6. The largest absolute Gasteiger partial charge is 0.361 e. The van der Waals surface area contributed by atoms with Crippen LogP contribution in [0.1, 0.15) is 16.8 Å². The number of aromatic nitrogens is 5. The first-order valence-electron chi connectivity index (χ1n) is 9.09. The highest BCUT2D eigenvalue weighted by atomic mass is 28.3. The third-order valence-electron chi connectivity index (χ3n) is 4.75. The number of hydrogen-bond donors (Lipinski definition) is 1. The predicted molar refractivity (Wildman–Crippen MR) is 104 cm³/mol. The van der Waals surface area contributed by atoms with Crippen LogP contribution in [0.2, 0.25) is 25.7 Å². The lowest BCUT2D eigenvalue weighted by Gasteiger charge is -2.15. The molecule has 0 unspecified atom stereocenters. The Labute approximate surface area is 154 Å². The van der Waals surface area contributed by atoms with Crippen molar-refractivity contribution >= 4 is 19.1 Å². The van der Waals surface area contributed by atoms with Crippen LogP contribution < -0.4 is 5.32 Å². The summed E-state index contributed by atoms with van der Waals surface area (Å²) < 4.78 is 9.88. The highest BCUT2D eigenvalue weighted by Gasteiger charge is 2.19. The van der Waals surface area contributed by atoms with Gasteiger partial charge in [0.2, 0.25) is 0 Å². The summed E-state index contributed by atoms with van der Waals surface area (Å²) in [4.78, 5) is 9.02. The molecule has 0 aliphatic carbocycles. The minimum Gasteiger partial charge on any atom is -0.361 e. The Hall–Kier alpha value is -2.03. The number of fused-ring (bicyclic) bond motifs is 2. The molecule has 1 N–H and O–H groups in total. The van der Waals surface area contributed by atoms with Gasteiger partial charge in [0, 0.05) is 45.7 Å². The van der Waals surface area contributed by atoms with Crippen molar-refractivity contribution in [1.29, 1.82) is 0 Å². The molecule has 0 radical (unpaired) electrons. The molecule has 8 heteroatoms.